The van der Waals surface area contributed by atoms with Crippen LogP contribution in [0.4, 0.5) is 0 Å². The largest absolute Gasteiger partial charge is 0.360 e. The Morgan fingerprint density at radius 2 is 2.26 bits per heavy atom. The fourth-order valence-electron chi connectivity index (χ4n) is 2.26. The summed E-state index contributed by atoms with van der Waals surface area (Å²) in [6.07, 6.45) is 4.00. The molecule has 1 aliphatic carbocycles. The first-order valence-corrected chi connectivity index (χ1v) is 7.57. The van der Waals surface area contributed by atoms with Crippen LogP contribution in [-0.2, 0) is 13.1 Å². The lowest BCUT2D eigenvalue weighted by molar-refractivity contribution is 0.222. The van der Waals surface area contributed by atoms with Crippen LogP contribution in [0.2, 0.25) is 0 Å². The van der Waals surface area contributed by atoms with Crippen molar-refractivity contribution in [1.82, 2.24) is 15.4 Å². The molecule has 1 aromatic rings. The van der Waals surface area contributed by atoms with Crippen LogP contribution >= 0.6 is 0 Å². The zero-order chi connectivity index (χ0) is 13.7. The average Bonchev–Trinajstić information content (AvgIpc) is 3.05. The summed E-state index contributed by atoms with van der Waals surface area (Å²) in [4.78, 5) is 2.50. The standard InChI is InChI=1S/C15H27N3O/c1-4-7-18(10-13-5-6-13)11-15-8-14(17-19-15)9-16-12(2)3/h8,12-13,16H,4-7,9-11H2,1-3H3. The molecule has 1 heterocycles. The molecule has 4 heteroatoms. The molecule has 0 aromatic carbocycles. The van der Waals surface area contributed by atoms with E-state index in [9.17, 15) is 0 Å². The van der Waals surface area contributed by atoms with Gasteiger partial charge in [-0.2, -0.15) is 0 Å². The Labute approximate surface area is 116 Å². The Hall–Kier alpha value is -0.870. The van der Waals surface area contributed by atoms with E-state index in [0.717, 1.165) is 37.0 Å². The number of hydrogen-bond acceptors (Lipinski definition) is 4. The van der Waals surface area contributed by atoms with E-state index in [4.69, 9.17) is 4.52 Å². The fourth-order valence-corrected chi connectivity index (χ4v) is 2.26. The fraction of sp³-hybridized carbons (Fsp3) is 0.800. The van der Waals surface area contributed by atoms with E-state index in [1.165, 1.54) is 25.8 Å². The highest BCUT2D eigenvalue weighted by Gasteiger charge is 2.24. The summed E-state index contributed by atoms with van der Waals surface area (Å²) in [5.41, 5.74) is 1.01. The van der Waals surface area contributed by atoms with Gasteiger partial charge >= 0.3 is 0 Å². The molecule has 108 valence electrons. The van der Waals surface area contributed by atoms with Gasteiger partial charge in [0.1, 0.15) is 0 Å². The van der Waals surface area contributed by atoms with Gasteiger partial charge in [-0.05, 0) is 31.7 Å². The second-order valence-corrected chi connectivity index (χ2v) is 6.00. The Morgan fingerprint density at radius 1 is 1.47 bits per heavy atom. The Bertz CT molecular complexity index is 371. The third kappa shape index (κ3) is 5.33. The van der Waals surface area contributed by atoms with Crippen LogP contribution < -0.4 is 5.32 Å². The number of aromatic nitrogens is 1. The second kappa shape index (κ2) is 7.06. The van der Waals surface area contributed by atoms with Crippen molar-refractivity contribution in [2.75, 3.05) is 13.1 Å². The Morgan fingerprint density at radius 3 is 2.89 bits per heavy atom. The molecule has 1 saturated carbocycles. The molecule has 1 aliphatic rings. The van der Waals surface area contributed by atoms with Crippen LogP contribution in [0.15, 0.2) is 10.6 Å². The van der Waals surface area contributed by atoms with Gasteiger partial charge in [0.05, 0.1) is 12.2 Å². The molecule has 2 rings (SSSR count). The molecule has 0 saturated heterocycles. The van der Waals surface area contributed by atoms with Crippen LogP contribution in [0.1, 0.15) is 51.5 Å². The summed E-state index contributed by atoms with van der Waals surface area (Å²) < 4.78 is 5.44. The van der Waals surface area contributed by atoms with Crippen LogP contribution in [0.5, 0.6) is 0 Å². The molecule has 4 nitrogen and oxygen atoms in total. The van der Waals surface area contributed by atoms with Crippen molar-refractivity contribution >= 4 is 0 Å². The van der Waals surface area contributed by atoms with E-state index in [1.54, 1.807) is 0 Å². The number of nitrogens with zero attached hydrogens (tertiary/aromatic N) is 2. The van der Waals surface area contributed by atoms with Crippen LogP contribution in [0.25, 0.3) is 0 Å². The van der Waals surface area contributed by atoms with Gasteiger partial charge in [0.2, 0.25) is 0 Å². The highest BCUT2D eigenvalue weighted by atomic mass is 16.5. The highest BCUT2D eigenvalue weighted by molar-refractivity contribution is 5.05. The molecule has 0 amide bonds. The average molecular weight is 265 g/mol. The van der Waals surface area contributed by atoms with Crippen LogP contribution in [-0.4, -0.2) is 29.2 Å². The van der Waals surface area contributed by atoms with E-state index in [1.807, 2.05) is 0 Å². The maximum atomic E-state index is 5.44. The predicted octanol–water partition coefficient (Wildman–Crippen LogP) is 2.79. The van der Waals surface area contributed by atoms with Crippen molar-refractivity contribution in [3.8, 4) is 0 Å². The smallest absolute Gasteiger partial charge is 0.151 e. The summed E-state index contributed by atoms with van der Waals surface area (Å²) in [7, 11) is 0. The van der Waals surface area contributed by atoms with Crippen molar-refractivity contribution in [2.24, 2.45) is 5.92 Å². The zero-order valence-corrected chi connectivity index (χ0v) is 12.5. The van der Waals surface area contributed by atoms with Crippen LogP contribution in [0.3, 0.4) is 0 Å². The molecule has 0 aliphatic heterocycles. The number of rotatable bonds is 9. The summed E-state index contributed by atoms with van der Waals surface area (Å²) in [5.74, 6) is 1.92. The molecule has 19 heavy (non-hydrogen) atoms. The molecule has 1 N–H and O–H groups in total. The molecule has 1 fully saturated rings. The lowest BCUT2D eigenvalue weighted by atomic mass is 10.3. The maximum absolute atomic E-state index is 5.44. The van der Waals surface area contributed by atoms with Crippen molar-refractivity contribution < 1.29 is 4.52 Å². The van der Waals surface area contributed by atoms with Gasteiger partial charge < -0.3 is 9.84 Å². The highest BCUT2D eigenvalue weighted by Crippen LogP contribution is 2.30. The zero-order valence-electron chi connectivity index (χ0n) is 12.5. The van der Waals surface area contributed by atoms with E-state index in [-0.39, 0.29) is 0 Å². The van der Waals surface area contributed by atoms with E-state index < -0.39 is 0 Å². The van der Waals surface area contributed by atoms with Crippen molar-refractivity contribution in [1.29, 1.82) is 0 Å². The van der Waals surface area contributed by atoms with E-state index >= 15 is 0 Å². The van der Waals surface area contributed by atoms with E-state index in [0.29, 0.717) is 6.04 Å². The molecule has 1 aromatic heterocycles. The van der Waals surface area contributed by atoms with Crippen molar-refractivity contribution in [2.45, 2.75) is 59.2 Å². The van der Waals surface area contributed by atoms with Gasteiger partial charge in [0, 0.05) is 25.2 Å². The molecule has 0 radical (unpaired) electrons. The number of hydrogen-bond donors (Lipinski definition) is 1. The van der Waals surface area contributed by atoms with Crippen LogP contribution in [0, 0.1) is 5.92 Å². The van der Waals surface area contributed by atoms with Gasteiger partial charge in [0.15, 0.2) is 5.76 Å². The van der Waals surface area contributed by atoms with E-state index in [2.05, 4.69) is 42.2 Å². The summed E-state index contributed by atoms with van der Waals surface area (Å²) in [6, 6.07) is 2.57. The second-order valence-electron chi connectivity index (χ2n) is 6.00. The summed E-state index contributed by atoms with van der Waals surface area (Å²) in [5, 5.41) is 7.49. The topological polar surface area (TPSA) is 41.3 Å². The predicted molar refractivity (Wildman–Crippen MR) is 76.8 cm³/mol. The SMILES string of the molecule is CCCN(Cc1cc(CNC(C)C)no1)CC1CC1. The Balaban J connectivity index is 1.82. The van der Waals surface area contributed by atoms with Gasteiger partial charge in [0.25, 0.3) is 0 Å². The number of nitrogens with one attached hydrogen (secondary N) is 1. The summed E-state index contributed by atoms with van der Waals surface area (Å²) in [6.45, 7) is 10.6. The van der Waals surface area contributed by atoms with Crippen molar-refractivity contribution in [3.05, 3.63) is 17.5 Å². The molecule has 0 unspecified atom stereocenters. The monoisotopic (exact) mass is 265 g/mol. The third-order valence-electron chi connectivity index (χ3n) is 3.43. The molecular weight excluding hydrogens is 238 g/mol. The third-order valence-corrected chi connectivity index (χ3v) is 3.43. The van der Waals surface area contributed by atoms with Gasteiger partial charge in [-0.25, -0.2) is 0 Å². The first kappa shape index (κ1) is 14.5. The minimum atomic E-state index is 0.478. The van der Waals surface area contributed by atoms with Gasteiger partial charge in [-0.3, -0.25) is 4.90 Å². The first-order chi connectivity index (χ1) is 9.17. The van der Waals surface area contributed by atoms with Crippen molar-refractivity contribution in [3.63, 3.8) is 0 Å². The molecular formula is C15H27N3O. The molecule has 0 bridgehead atoms. The minimum absolute atomic E-state index is 0.478. The molecule has 0 atom stereocenters. The van der Waals surface area contributed by atoms with Gasteiger partial charge in [-0.15, -0.1) is 0 Å². The normalized spacial score (nSPS) is 15.6. The van der Waals surface area contributed by atoms with Gasteiger partial charge in [-0.1, -0.05) is 25.9 Å². The minimum Gasteiger partial charge on any atom is -0.360 e. The maximum Gasteiger partial charge on any atom is 0.151 e. The first-order valence-electron chi connectivity index (χ1n) is 7.57. The lowest BCUT2D eigenvalue weighted by Gasteiger charge is -2.19. The lowest BCUT2D eigenvalue weighted by Crippen LogP contribution is -2.26. The molecule has 0 spiro atoms. The Kier molecular flexibility index (Phi) is 5.40. The quantitative estimate of drug-likeness (QED) is 0.745. The summed E-state index contributed by atoms with van der Waals surface area (Å²) >= 11 is 0.